The van der Waals surface area contributed by atoms with Crippen LogP contribution in [0.15, 0.2) is 65.7 Å². The molecule has 3 rings (SSSR count). The van der Waals surface area contributed by atoms with Gasteiger partial charge in [-0.15, -0.1) is 0 Å². The van der Waals surface area contributed by atoms with Crippen LogP contribution in [0.4, 0.5) is 5.69 Å². The third kappa shape index (κ3) is 3.49. The number of hydrogen-bond acceptors (Lipinski definition) is 4. The van der Waals surface area contributed by atoms with E-state index < -0.39 is 10.0 Å². The molecule has 0 bridgehead atoms. The molecule has 0 amide bonds. The standard InChI is InChI=1S/C17H17N3O2S/c18-10-9-13-5-7-15(8-6-13)20-23(21,22)16-11-14-3-1-2-4-17(14)19-12-16/h1-8,11-12,20H,9-10,18H2. The first-order valence-corrected chi connectivity index (χ1v) is 8.73. The lowest BCUT2D eigenvalue weighted by Gasteiger charge is -2.09. The fourth-order valence-electron chi connectivity index (χ4n) is 2.32. The first kappa shape index (κ1) is 15.5. The molecule has 3 aromatic rings. The summed E-state index contributed by atoms with van der Waals surface area (Å²) in [6.07, 6.45) is 2.13. The molecule has 0 fully saturated rings. The minimum atomic E-state index is -3.67. The van der Waals surface area contributed by atoms with Gasteiger partial charge in [-0.3, -0.25) is 9.71 Å². The maximum absolute atomic E-state index is 12.5. The third-order valence-electron chi connectivity index (χ3n) is 3.51. The summed E-state index contributed by atoms with van der Waals surface area (Å²) < 4.78 is 27.5. The summed E-state index contributed by atoms with van der Waals surface area (Å²) in [4.78, 5) is 4.34. The van der Waals surface area contributed by atoms with E-state index in [9.17, 15) is 8.42 Å². The molecule has 6 heteroatoms. The summed E-state index contributed by atoms with van der Waals surface area (Å²) in [5.41, 5.74) is 7.85. The van der Waals surface area contributed by atoms with E-state index in [0.717, 1.165) is 22.9 Å². The SMILES string of the molecule is NCCc1ccc(NS(=O)(=O)c2cnc3ccccc3c2)cc1. The summed E-state index contributed by atoms with van der Waals surface area (Å²) in [6.45, 7) is 0.563. The maximum atomic E-state index is 12.5. The monoisotopic (exact) mass is 327 g/mol. The van der Waals surface area contributed by atoms with E-state index in [1.54, 1.807) is 18.2 Å². The highest BCUT2D eigenvalue weighted by molar-refractivity contribution is 7.92. The summed E-state index contributed by atoms with van der Waals surface area (Å²) in [5.74, 6) is 0. The predicted molar refractivity (Wildman–Crippen MR) is 91.8 cm³/mol. The molecule has 1 aromatic heterocycles. The first-order chi connectivity index (χ1) is 11.1. The zero-order valence-corrected chi connectivity index (χ0v) is 13.3. The van der Waals surface area contributed by atoms with Gasteiger partial charge in [-0.25, -0.2) is 8.42 Å². The number of fused-ring (bicyclic) bond motifs is 1. The quantitative estimate of drug-likeness (QED) is 0.754. The van der Waals surface area contributed by atoms with Crippen molar-refractivity contribution in [3.63, 3.8) is 0 Å². The van der Waals surface area contributed by atoms with E-state index in [1.165, 1.54) is 6.20 Å². The van der Waals surface area contributed by atoms with Crippen molar-refractivity contribution < 1.29 is 8.42 Å². The molecule has 2 aromatic carbocycles. The number of sulfonamides is 1. The van der Waals surface area contributed by atoms with Gasteiger partial charge in [-0.2, -0.15) is 0 Å². The van der Waals surface area contributed by atoms with E-state index in [-0.39, 0.29) is 4.90 Å². The van der Waals surface area contributed by atoms with Gasteiger partial charge >= 0.3 is 0 Å². The minimum absolute atomic E-state index is 0.141. The van der Waals surface area contributed by atoms with Gasteiger partial charge in [0.1, 0.15) is 4.90 Å². The van der Waals surface area contributed by atoms with Gasteiger partial charge in [0.2, 0.25) is 0 Å². The van der Waals surface area contributed by atoms with Gasteiger partial charge in [0, 0.05) is 17.3 Å². The van der Waals surface area contributed by atoms with E-state index in [4.69, 9.17) is 5.73 Å². The number of nitrogens with two attached hydrogens (primary N) is 1. The number of rotatable bonds is 5. The molecule has 0 atom stereocenters. The molecular formula is C17H17N3O2S. The predicted octanol–water partition coefficient (Wildman–Crippen LogP) is 2.54. The van der Waals surface area contributed by atoms with Crippen molar-refractivity contribution in [1.82, 2.24) is 4.98 Å². The van der Waals surface area contributed by atoms with Crippen LogP contribution in [0.1, 0.15) is 5.56 Å². The van der Waals surface area contributed by atoms with Crippen LogP contribution in [0.2, 0.25) is 0 Å². The van der Waals surface area contributed by atoms with Crippen LogP contribution < -0.4 is 10.5 Å². The summed E-state index contributed by atoms with van der Waals surface area (Å²) in [7, 11) is -3.67. The van der Waals surface area contributed by atoms with Crippen LogP contribution in [0.25, 0.3) is 10.9 Å². The highest BCUT2D eigenvalue weighted by Crippen LogP contribution is 2.20. The van der Waals surface area contributed by atoms with Crippen molar-refractivity contribution in [3.8, 4) is 0 Å². The van der Waals surface area contributed by atoms with Crippen LogP contribution in [0.3, 0.4) is 0 Å². The molecule has 0 radical (unpaired) electrons. The fourth-order valence-corrected chi connectivity index (χ4v) is 3.36. The zero-order valence-electron chi connectivity index (χ0n) is 12.4. The molecule has 23 heavy (non-hydrogen) atoms. The second-order valence-corrected chi connectivity index (χ2v) is 6.89. The van der Waals surface area contributed by atoms with E-state index in [1.807, 2.05) is 36.4 Å². The van der Waals surface area contributed by atoms with Crippen LogP contribution >= 0.6 is 0 Å². The number of aromatic nitrogens is 1. The van der Waals surface area contributed by atoms with Crippen LogP contribution in [0, 0.1) is 0 Å². The largest absolute Gasteiger partial charge is 0.330 e. The number of anilines is 1. The van der Waals surface area contributed by atoms with Gasteiger partial charge in [0.05, 0.1) is 5.52 Å². The van der Waals surface area contributed by atoms with Crippen molar-refractivity contribution in [2.45, 2.75) is 11.3 Å². The Balaban J connectivity index is 1.87. The molecule has 0 spiro atoms. The Bertz CT molecular complexity index is 922. The van der Waals surface area contributed by atoms with Crippen molar-refractivity contribution >= 4 is 26.6 Å². The Kier molecular flexibility index (Phi) is 4.27. The molecule has 1 heterocycles. The summed E-state index contributed by atoms with van der Waals surface area (Å²) in [6, 6.07) is 16.2. The molecule has 5 nitrogen and oxygen atoms in total. The minimum Gasteiger partial charge on any atom is -0.330 e. The van der Waals surface area contributed by atoms with Crippen LogP contribution in [-0.2, 0) is 16.4 Å². The van der Waals surface area contributed by atoms with Crippen molar-refractivity contribution in [1.29, 1.82) is 0 Å². The molecule has 0 aliphatic heterocycles. The molecule has 118 valence electrons. The van der Waals surface area contributed by atoms with E-state index in [0.29, 0.717) is 12.2 Å². The van der Waals surface area contributed by atoms with Crippen molar-refractivity contribution in [2.24, 2.45) is 5.73 Å². The lowest BCUT2D eigenvalue weighted by molar-refractivity contribution is 0.601. The molecular weight excluding hydrogens is 310 g/mol. The Morgan fingerprint density at radius 2 is 1.78 bits per heavy atom. The number of hydrogen-bond donors (Lipinski definition) is 2. The van der Waals surface area contributed by atoms with Crippen molar-refractivity contribution in [3.05, 3.63) is 66.4 Å². The summed E-state index contributed by atoms with van der Waals surface area (Å²) >= 11 is 0. The second kappa shape index (κ2) is 6.36. The molecule has 0 unspecified atom stereocenters. The maximum Gasteiger partial charge on any atom is 0.263 e. The molecule has 0 saturated carbocycles. The van der Waals surface area contributed by atoms with E-state index >= 15 is 0 Å². The smallest absolute Gasteiger partial charge is 0.263 e. The molecule has 0 aliphatic carbocycles. The van der Waals surface area contributed by atoms with E-state index in [2.05, 4.69) is 9.71 Å². The average Bonchev–Trinajstić information content (AvgIpc) is 2.56. The summed E-state index contributed by atoms with van der Waals surface area (Å²) in [5, 5.41) is 0.786. The van der Waals surface area contributed by atoms with Gasteiger partial charge in [-0.05, 0) is 42.8 Å². The molecule has 0 aliphatic rings. The van der Waals surface area contributed by atoms with Crippen LogP contribution in [0.5, 0.6) is 0 Å². The third-order valence-corrected chi connectivity index (χ3v) is 4.86. The Morgan fingerprint density at radius 3 is 2.52 bits per heavy atom. The topological polar surface area (TPSA) is 85.1 Å². The van der Waals surface area contributed by atoms with Crippen LogP contribution in [-0.4, -0.2) is 19.9 Å². The number of nitrogens with one attached hydrogen (secondary N) is 1. The van der Waals surface area contributed by atoms with Gasteiger partial charge in [0.15, 0.2) is 0 Å². The molecule has 0 saturated heterocycles. The normalized spacial score (nSPS) is 11.5. The van der Waals surface area contributed by atoms with Gasteiger partial charge < -0.3 is 5.73 Å². The second-order valence-electron chi connectivity index (χ2n) is 5.20. The first-order valence-electron chi connectivity index (χ1n) is 7.25. The lowest BCUT2D eigenvalue weighted by Crippen LogP contribution is -2.13. The molecule has 3 N–H and O–H groups in total. The number of benzene rings is 2. The number of para-hydroxylation sites is 1. The highest BCUT2D eigenvalue weighted by Gasteiger charge is 2.15. The number of pyridine rings is 1. The van der Waals surface area contributed by atoms with Crippen molar-refractivity contribution in [2.75, 3.05) is 11.3 Å². The Morgan fingerprint density at radius 1 is 1.04 bits per heavy atom. The van der Waals surface area contributed by atoms with Gasteiger partial charge in [-0.1, -0.05) is 30.3 Å². The Hall–Kier alpha value is -2.44. The van der Waals surface area contributed by atoms with Gasteiger partial charge in [0.25, 0.3) is 10.0 Å². The number of nitrogens with zero attached hydrogens (tertiary/aromatic N) is 1. The fraction of sp³-hybridized carbons (Fsp3) is 0.118. The highest BCUT2D eigenvalue weighted by atomic mass is 32.2. The lowest BCUT2D eigenvalue weighted by atomic mass is 10.1. The average molecular weight is 327 g/mol. The Labute approximate surface area is 135 Å². The zero-order chi connectivity index (χ0) is 16.3.